The maximum Gasteiger partial charge on any atom is 0.0139 e. The zero-order valence-corrected chi connectivity index (χ0v) is 6.66. The highest BCUT2D eigenvalue weighted by atomic mass is 32.2. The maximum atomic E-state index is 5.58. The molecule has 2 N–H and O–H groups in total. The van der Waals surface area contributed by atoms with Crippen molar-refractivity contribution in [3.8, 4) is 0 Å². The molecule has 0 radical (unpaired) electrons. The molecule has 1 rings (SSSR count). The number of nitrogens with zero attached hydrogens (tertiary/aromatic N) is 1. The van der Waals surface area contributed by atoms with Crippen LogP contribution in [0.2, 0.25) is 0 Å². The number of thioether (sulfide) groups is 1. The molecule has 0 atom stereocenters. The summed E-state index contributed by atoms with van der Waals surface area (Å²) in [6.45, 7) is 2.15. The van der Waals surface area contributed by atoms with Crippen LogP contribution in [0.25, 0.3) is 0 Å². The van der Waals surface area contributed by atoms with E-state index in [1.165, 1.54) is 12.8 Å². The summed E-state index contributed by atoms with van der Waals surface area (Å²) in [7, 11) is 0. The molecular formula is C6H14N2S. The third-order valence-corrected chi connectivity index (χ3v) is 2.95. The van der Waals surface area contributed by atoms with E-state index in [0.29, 0.717) is 0 Å². The van der Waals surface area contributed by atoms with E-state index in [9.17, 15) is 0 Å². The summed E-state index contributed by atoms with van der Waals surface area (Å²) >= 11 is 1.97. The molecule has 1 aliphatic heterocycles. The van der Waals surface area contributed by atoms with Gasteiger partial charge in [-0.15, -0.1) is 0 Å². The lowest BCUT2D eigenvalue weighted by molar-refractivity contribution is 0.239. The quantitative estimate of drug-likeness (QED) is 0.552. The first-order valence-corrected chi connectivity index (χ1v) is 4.64. The van der Waals surface area contributed by atoms with E-state index in [0.717, 1.165) is 18.3 Å². The average Bonchev–Trinajstić information content (AvgIpc) is 1.90. The van der Waals surface area contributed by atoms with Crippen molar-refractivity contribution in [3.05, 3.63) is 0 Å². The Morgan fingerprint density at radius 1 is 1.44 bits per heavy atom. The lowest BCUT2D eigenvalue weighted by Gasteiger charge is -2.26. The van der Waals surface area contributed by atoms with Gasteiger partial charge in [-0.05, 0) is 19.1 Å². The van der Waals surface area contributed by atoms with Crippen LogP contribution in [0.5, 0.6) is 0 Å². The molecule has 0 aromatic rings. The fourth-order valence-electron chi connectivity index (χ4n) is 1.11. The molecule has 2 nitrogen and oxygen atoms in total. The van der Waals surface area contributed by atoms with Crippen LogP contribution in [0.15, 0.2) is 0 Å². The number of hydrazine groups is 1. The molecule has 1 saturated heterocycles. The predicted molar refractivity (Wildman–Crippen MR) is 42.3 cm³/mol. The Balaban J connectivity index is 2.18. The molecule has 0 aliphatic carbocycles. The van der Waals surface area contributed by atoms with Gasteiger partial charge in [-0.3, -0.25) is 5.84 Å². The van der Waals surface area contributed by atoms with Gasteiger partial charge < -0.3 is 0 Å². The highest BCUT2D eigenvalue weighted by Crippen LogP contribution is 2.18. The Labute approximate surface area is 60.8 Å². The first-order chi connectivity index (χ1) is 4.33. The molecule has 0 aromatic heterocycles. The summed E-state index contributed by atoms with van der Waals surface area (Å²) in [6.07, 6.45) is 4.70. The highest BCUT2D eigenvalue weighted by Gasteiger charge is 2.14. The number of hydrogen-bond donors (Lipinski definition) is 1. The van der Waals surface area contributed by atoms with Crippen molar-refractivity contribution in [2.45, 2.75) is 18.1 Å². The van der Waals surface area contributed by atoms with Crippen LogP contribution in [-0.2, 0) is 0 Å². The zero-order chi connectivity index (χ0) is 6.69. The van der Waals surface area contributed by atoms with E-state index in [1.54, 1.807) is 0 Å². The third-order valence-electron chi connectivity index (χ3n) is 1.81. The summed E-state index contributed by atoms with van der Waals surface area (Å²) < 4.78 is 0. The molecule has 0 unspecified atom stereocenters. The van der Waals surface area contributed by atoms with Crippen LogP contribution in [0.1, 0.15) is 12.8 Å². The Kier molecular flexibility index (Phi) is 2.82. The van der Waals surface area contributed by atoms with Gasteiger partial charge in [0.2, 0.25) is 0 Å². The fraction of sp³-hybridized carbons (Fsp3) is 1.00. The van der Waals surface area contributed by atoms with E-state index in [4.69, 9.17) is 5.84 Å². The molecule has 3 heteroatoms. The molecule has 0 amide bonds. The van der Waals surface area contributed by atoms with E-state index >= 15 is 0 Å². The predicted octanol–water partition coefficient (Wildman–Crippen LogP) is 0.688. The summed E-state index contributed by atoms with van der Waals surface area (Å²) in [5.74, 6) is 5.58. The van der Waals surface area contributed by atoms with Crippen LogP contribution in [0, 0.1) is 0 Å². The molecule has 54 valence electrons. The van der Waals surface area contributed by atoms with Crippen molar-refractivity contribution in [1.29, 1.82) is 0 Å². The van der Waals surface area contributed by atoms with E-state index in [-0.39, 0.29) is 0 Å². The zero-order valence-electron chi connectivity index (χ0n) is 5.84. The number of nitrogens with two attached hydrogens (primary N) is 1. The highest BCUT2D eigenvalue weighted by molar-refractivity contribution is 7.99. The molecule has 1 heterocycles. The Hall–Kier alpha value is 0.270. The maximum absolute atomic E-state index is 5.58. The number of piperidine rings is 1. The first kappa shape index (κ1) is 7.38. The van der Waals surface area contributed by atoms with Gasteiger partial charge in [-0.1, -0.05) is 0 Å². The van der Waals surface area contributed by atoms with E-state index in [1.807, 2.05) is 16.8 Å². The fourth-order valence-corrected chi connectivity index (χ4v) is 1.79. The van der Waals surface area contributed by atoms with E-state index < -0.39 is 0 Å². The van der Waals surface area contributed by atoms with Crippen molar-refractivity contribution in [2.75, 3.05) is 19.3 Å². The van der Waals surface area contributed by atoms with Gasteiger partial charge in [0, 0.05) is 18.3 Å². The average molecular weight is 146 g/mol. The van der Waals surface area contributed by atoms with Gasteiger partial charge in [-0.25, -0.2) is 5.01 Å². The summed E-state index contributed by atoms with van der Waals surface area (Å²) in [6, 6.07) is 0. The van der Waals surface area contributed by atoms with Crippen molar-refractivity contribution in [3.63, 3.8) is 0 Å². The van der Waals surface area contributed by atoms with Crippen LogP contribution in [0.4, 0.5) is 0 Å². The molecule has 0 aromatic carbocycles. The second-order valence-electron chi connectivity index (χ2n) is 2.47. The molecule has 0 spiro atoms. The number of rotatable bonds is 1. The van der Waals surface area contributed by atoms with Crippen LogP contribution in [0.3, 0.4) is 0 Å². The van der Waals surface area contributed by atoms with Gasteiger partial charge >= 0.3 is 0 Å². The Morgan fingerprint density at radius 3 is 2.44 bits per heavy atom. The third kappa shape index (κ3) is 2.16. The van der Waals surface area contributed by atoms with Gasteiger partial charge in [0.15, 0.2) is 0 Å². The normalized spacial score (nSPS) is 24.7. The molecule has 0 saturated carbocycles. The lowest BCUT2D eigenvalue weighted by Crippen LogP contribution is -2.39. The minimum absolute atomic E-state index is 0.866. The second kappa shape index (κ2) is 3.44. The molecule has 1 fully saturated rings. The van der Waals surface area contributed by atoms with Crippen molar-refractivity contribution < 1.29 is 0 Å². The van der Waals surface area contributed by atoms with E-state index in [2.05, 4.69) is 6.26 Å². The van der Waals surface area contributed by atoms with Gasteiger partial charge in [-0.2, -0.15) is 11.8 Å². The van der Waals surface area contributed by atoms with Gasteiger partial charge in [0.05, 0.1) is 0 Å². The minimum Gasteiger partial charge on any atom is -0.269 e. The summed E-state index contributed by atoms with van der Waals surface area (Å²) in [4.78, 5) is 0. The largest absolute Gasteiger partial charge is 0.269 e. The summed E-state index contributed by atoms with van der Waals surface area (Å²) in [5.41, 5.74) is 0. The SMILES string of the molecule is CSC1CCN(N)CC1. The summed E-state index contributed by atoms with van der Waals surface area (Å²) in [5, 5.41) is 2.78. The lowest BCUT2D eigenvalue weighted by atomic mass is 10.1. The smallest absolute Gasteiger partial charge is 0.0139 e. The topological polar surface area (TPSA) is 29.3 Å². The molecule has 9 heavy (non-hydrogen) atoms. The van der Waals surface area contributed by atoms with Crippen LogP contribution < -0.4 is 5.84 Å². The van der Waals surface area contributed by atoms with Gasteiger partial charge in [0.1, 0.15) is 0 Å². The van der Waals surface area contributed by atoms with Gasteiger partial charge in [0.25, 0.3) is 0 Å². The first-order valence-electron chi connectivity index (χ1n) is 3.35. The van der Waals surface area contributed by atoms with Crippen molar-refractivity contribution in [1.82, 2.24) is 5.01 Å². The molecule has 1 aliphatic rings. The Morgan fingerprint density at radius 2 is 2.00 bits per heavy atom. The van der Waals surface area contributed by atoms with Crippen LogP contribution in [-0.4, -0.2) is 29.6 Å². The van der Waals surface area contributed by atoms with Crippen LogP contribution >= 0.6 is 11.8 Å². The standard InChI is InChI=1S/C6H14N2S/c1-9-6-2-4-8(7)5-3-6/h6H,2-5,7H2,1H3. The number of hydrogen-bond acceptors (Lipinski definition) is 3. The monoisotopic (exact) mass is 146 g/mol. The second-order valence-corrected chi connectivity index (χ2v) is 3.61. The van der Waals surface area contributed by atoms with Crippen molar-refractivity contribution in [2.24, 2.45) is 5.84 Å². The van der Waals surface area contributed by atoms with Crippen molar-refractivity contribution >= 4 is 11.8 Å². The molecular weight excluding hydrogens is 132 g/mol. The minimum atomic E-state index is 0.866. The molecule has 0 bridgehead atoms. The Bertz CT molecular complexity index is 79.1.